The summed E-state index contributed by atoms with van der Waals surface area (Å²) in [5, 5.41) is 1.43. The van der Waals surface area contributed by atoms with Crippen molar-refractivity contribution in [3.8, 4) is 0 Å². The van der Waals surface area contributed by atoms with E-state index in [4.69, 9.17) is 11.6 Å². The van der Waals surface area contributed by atoms with Crippen LogP contribution in [0.15, 0.2) is 42.5 Å². The average molecular weight is 561 g/mol. The first kappa shape index (κ1) is 30.0. The Bertz CT molecular complexity index is 1180. The predicted octanol–water partition coefficient (Wildman–Crippen LogP) is 6.31. The molecule has 0 aliphatic carbocycles. The SMILES string of the molecule is CN(CCF)C(=O)CNC(=O)c1ccc(/C(F)=C/C(c2ccc(Cl)c(F)c2)C(F)(F)F)cc1C(F)(F)F. The van der Waals surface area contributed by atoms with Gasteiger partial charge < -0.3 is 10.2 Å². The van der Waals surface area contributed by atoms with Gasteiger partial charge in [-0.05, 0) is 35.9 Å². The van der Waals surface area contributed by atoms with Crippen molar-refractivity contribution in [2.45, 2.75) is 18.3 Å². The van der Waals surface area contributed by atoms with Gasteiger partial charge in [0.25, 0.3) is 5.91 Å². The molecule has 0 bridgehead atoms. The fourth-order valence-electron chi connectivity index (χ4n) is 3.09. The zero-order valence-corrected chi connectivity index (χ0v) is 19.5. The molecule has 0 aliphatic heterocycles. The van der Waals surface area contributed by atoms with Crippen molar-refractivity contribution in [3.63, 3.8) is 0 Å². The van der Waals surface area contributed by atoms with Crippen molar-refractivity contribution in [3.05, 3.63) is 75.6 Å². The third-order valence-corrected chi connectivity index (χ3v) is 5.37. The molecule has 2 amide bonds. The minimum Gasteiger partial charge on any atom is -0.343 e. The lowest BCUT2D eigenvalue weighted by Gasteiger charge is -2.19. The fourth-order valence-corrected chi connectivity index (χ4v) is 3.21. The van der Waals surface area contributed by atoms with Crippen molar-refractivity contribution in [2.24, 2.45) is 0 Å². The standard InChI is InChI=1S/C23H18ClF9N2O2/c1-35(7-6-25)20(36)11-34-21(37)14-4-2-13(8-16(14)23(31,32)33)18(26)10-15(22(28,29)30)12-3-5-17(24)19(27)9-12/h2-5,8-10,15H,6-7,11H2,1H3,(H,34,37)/b18-10-. The molecule has 1 unspecified atom stereocenters. The van der Waals surface area contributed by atoms with E-state index in [2.05, 4.69) is 0 Å². The summed E-state index contributed by atoms with van der Waals surface area (Å²) >= 11 is 5.45. The molecule has 0 saturated carbocycles. The number of carbonyl (C=O) groups excluding carboxylic acids is 2. The number of hydrogen-bond acceptors (Lipinski definition) is 2. The molecule has 0 heterocycles. The molecule has 2 rings (SSSR count). The Balaban J connectivity index is 2.43. The first-order valence-electron chi connectivity index (χ1n) is 10.2. The fraction of sp³-hybridized carbons (Fsp3) is 0.304. The third kappa shape index (κ3) is 7.88. The summed E-state index contributed by atoms with van der Waals surface area (Å²) in [5.41, 5.74) is -4.40. The maximum absolute atomic E-state index is 14.8. The number of alkyl halides is 7. The van der Waals surface area contributed by atoms with Crippen LogP contribution in [0.3, 0.4) is 0 Å². The van der Waals surface area contributed by atoms with Crippen LogP contribution in [0, 0.1) is 5.82 Å². The third-order valence-electron chi connectivity index (χ3n) is 5.06. The van der Waals surface area contributed by atoms with E-state index >= 15 is 0 Å². The normalized spacial score (nSPS) is 13.3. The molecule has 1 N–H and O–H groups in total. The topological polar surface area (TPSA) is 49.4 Å². The quantitative estimate of drug-likeness (QED) is 0.385. The summed E-state index contributed by atoms with van der Waals surface area (Å²) in [7, 11) is 1.20. The van der Waals surface area contributed by atoms with E-state index < -0.39 is 82.2 Å². The van der Waals surface area contributed by atoms with E-state index in [0.29, 0.717) is 18.2 Å². The van der Waals surface area contributed by atoms with E-state index in [-0.39, 0.29) is 18.7 Å². The molecule has 0 fully saturated rings. The van der Waals surface area contributed by atoms with E-state index in [1.54, 1.807) is 0 Å². The van der Waals surface area contributed by atoms with Gasteiger partial charge in [0.1, 0.15) is 24.2 Å². The van der Waals surface area contributed by atoms with Crippen LogP contribution >= 0.6 is 11.6 Å². The van der Waals surface area contributed by atoms with Gasteiger partial charge in [-0.2, -0.15) is 26.3 Å². The van der Waals surface area contributed by atoms with E-state index in [1.165, 1.54) is 7.05 Å². The van der Waals surface area contributed by atoms with E-state index in [9.17, 15) is 49.1 Å². The smallest absolute Gasteiger partial charge is 0.343 e. The summed E-state index contributed by atoms with van der Waals surface area (Å²) < 4.78 is 122. The Labute approximate surface area is 209 Å². The number of halogens is 10. The highest BCUT2D eigenvalue weighted by Crippen LogP contribution is 2.40. The molecule has 0 saturated heterocycles. The number of carbonyl (C=O) groups is 2. The number of allylic oxidation sites excluding steroid dienone is 1. The number of amides is 2. The highest BCUT2D eigenvalue weighted by molar-refractivity contribution is 6.30. The minimum atomic E-state index is -5.24. The van der Waals surface area contributed by atoms with Crippen LogP contribution in [0.25, 0.3) is 5.83 Å². The second-order valence-corrected chi connectivity index (χ2v) is 8.06. The summed E-state index contributed by atoms with van der Waals surface area (Å²) in [6.45, 7) is -1.98. The lowest BCUT2D eigenvalue weighted by atomic mass is 9.95. The number of likely N-dealkylation sites (N-methyl/N-ethyl adjacent to an activating group) is 1. The van der Waals surface area contributed by atoms with Crippen molar-refractivity contribution in [2.75, 3.05) is 26.8 Å². The number of nitrogens with one attached hydrogen (secondary N) is 1. The van der Waals surface area contributed by atoms with Gasteiger partial charge >= 0.3 is 12.4 Å². The zero-order valence-electron chi connectivity index (χ0n) is 18.8. The van der Waals surface area contributed by atoms with Gasteiger partial charge in [-0.1, -0.05) is 23.7 Å². The maximum Gasteiger partial charge on any atom is 0.417 e. The molecular formula is C23H18ClF9N2O2. The number of rotatable bonds is 8. The second kappa shape index (κ2) is 11.9. The number of nitrogens with zero attached hydrogens (tertiary/aromatic N) is 1. The van der Waals surface area contributed by atoms with Gasteiger partial charge in [0.2, 0.25) is 5.91 Å². The number of hydrogen-bond donors (Lipinski definition) is 1. The molecular weight excluding hydrogens is 543 g/mol. The highest BCUT2D eigenvalue weighted by atomic mass is 35.5. The van der Waals surface area contributed by atoms with Crippen LogP contribution in [-0.2, 0) is 11.0 Å². The molecule has 0 aromatic heterocycles. The van der Waals surface area contributed by atoms with E-state index in [0.717, 1.165) is 17.0 Å². The Morgan fingerprint density at radius 2 is 1.73 bits per heavy atom. The molecule has 1 atom stereocenters. The monoisotopic (exact) mass is 560 g/mol. The molecule has 2 aromatic carbocycles. The van der Waals surface area contributed by atoms with Crippen molar-refractivity contribution in [1.82, 2.24) is 10.2 Å². The first-order chi connectivity index (χ1) is 17.1. The molecule has 14 heteroatoms. The zero-order chi connectivity index (χ0) is 28.1. The van der Waals surface area contributed by atoms with Gasteiger partial charge in [-0.25, -0.2) is 13.2 Å². The maximum atomic E-state index is 14.8. The molecule has 202 valence electrons. The largest absolute Gasteiger partial charge is 0.417 e. The summed E-state index contributed by atoms with van der Waals surface area (Å²) in [6.07, 6.45) is -10.4. The van der Waals surface area contributed by atoms with Crippen LogP contribution < -0.4 is 5.32 Å². The van der Waals surface area contributed by atoms with Crippen LogP contribution in [0.4, 0.5) is 39.5 Å². The summed E-state index contributed by atoms with van der Waals surface area (Å²) in [6, 6.07) is 3.32. The molecule has 2 aromatic rings. The van der Waals surface area contributed by atoms with Gasteiger partial charge in [0.15, 0.2) is 0 Å². The van der Waals surface area contributed by atoms with Gasteiger partial charge in [0.05, 0.1) is 22.7 Å². The lowest BCUT2D eigenvalue weighted by molar-refractivity contribution is -0.140. The average Bonchev–Trinajstić information content (AvgIpc) is 2.80. The summed E-state index contributed by atoms with van der Waals surface area (Å²) in [5.74, 6) is -7.86. The lowest BCUT2D eigenvalue weighted by Crippen LogP contribution is -2.39. The van der Waals surface area contributed by atoms with Crippen LogP contribution in [0.5, 0.6) is 0 Å². The summed E-state index contributed by atoms with van der Waals surface area (Å²) in [4.78, 5) is 24.9. The second-order valence-electron chi connectivity index (χ2n) is 7.65. The van der Waals surface area contributed by atoms with Gasteiger partial charge in [-0.15, -0.1) is 0 Å². The van der Waals surface area contributed by atoms with Gasteiger partial charge in [0, 0.05) is 19.2 Å². The van der Waals surface area contributed by atoms with Crippen LogP contribution in [0.1, 0.15) is 33.0 Å². The highest BCUT2D eigenvalue weighted by Gasteiger charge is 2.41. The molecule has 37 heavy (non-hydrogen) atoms. The molecule has 4 nitrogen and oxygen atoms in total. The van der Waals surface area contributed by atoms with Crippen molar-refractivity contribution in [1.29, 1.82) is 0 Å². The van der Waals surface area contributed by atoms with Crippen LogP contribution in [-0.4, -0.2) is 49.7 Å². The van der Waals surface area contributed by atoms with Crippen LogP contribution in [0.2, 0.25) is 5.02 Å². The predicted molar refractivity (Wildman–Crippen MR) is 117 cm³/mol. The molecule has 0 radical (unpaired) electrons. The van der Waals surface area contributed by atoms with Gasteiger partial charge in [-0.3, -0.25) is 9.59 Å². The van der Waals surface area contributed by atoms with E-state index in [1.807, 2.05) is 5.32 Å². The Morgan fingerprint density at radius 3 is 2.27 bits per heavy atom. The minimum absolute atomic E-state index is 0.0305. The van der Waals surface area contributed by atoms with Crippen molar-refractivity contribution < 1.29 is 49.1 Å². The Kier molecular flexibility index (Phi) is 9.64. The molecule has 0 spiro atoms. The Morgan fingerprint density at radius 1 is 1.08 bits per heavy atom. The molecule has 0 aliphatic rings. The van der Waals surface area contributed by atoms with Crippen molar-refractivity contribution >= 4 is 29.2 Å². The first-order valence-corrected chi connectivity index (χ1v) is 10.6. The Hall–Kier alpha value is -3.22. The number of benzene rings is 2.